The molecule has 5 nitrogen and oxygen atoms in total. The summed E-state index contributed by atoms with van der Waals surface area (Å²) in [4.78, 5) is 0. The van der Waals surface area contributed by atoms with E-state index in [-0.39, 0.29) is 28.7 Å². The first kappa shape index (κ1) is 34.4. The van der Waals surface area contributed by atoms with Crippen LogP contribution in [0.25, 0.3) is 0 Å². The Labute approximate surface area is 284 Å². The minimum absolute atomic E-state index is 0.198. The lowest BCUT2D eigenvalue weighted by Crippen LogP contribution is -2.05. The third kappa shape index (κ3) is 6.73. The fourth-order valence-corrected chi connectivity index (χ4v) is 7.02. The minimum Gasteiger partial charge on any atom is -0.508 e. The highest BCUT2D eigenvalue weighted by Gasteiger charge is 2.20. The zero-order valence-corrected chi connectivity index (χ0v) is 29.7. The van der Waals surface area contributed by atoms with Crippen molar-refractivity contribution >= 4 is 0 Å². The van der Waals surface area contributed by atoms with Crippen molar-refractivity contribution in [2.45, 2.75) is 88.0 Å². The molecule has 250 valence electrons. The van der Waals surface area contributed by atoms with Crippen LogP contribution in [-0.2, 0) is 25.7 Å². The van der Waals surface area contributed by atoms with Crippen LogP contribution < -0.4 is 0 Å². The van der Waals surface area contributed by atoms with Crippen molar-refractivity contribution in [1.82, 2.24) is 0 Å². The molecule has 5 aromatic carbocycles. The average molecular weight is 645 g/mol. The van der Waals surface area contributed by atoms with Gasteiger partial charge in [0.1, 0.15) is 28.7 Å². The van der Waals surface area contributed by atoms with Gasteiger partial charge in [-0.2, -0.15) is 0 Å². The normalized spacial score (nSPS) is 11.4. The lowest BCUT2D eigenvalue weighted by atomic mass is 9.86. The monoisotopic (exact) mass is 644 g/mol. The van der Waals surface area contributed by atoms with Crippen molar-refractivity contribution < 1.29 is 25.5 Å². The summed E-state index contributed by atoms with van der Waals surface area (Å²) in [5.41, 5.74) is 16.2. The smallest absolute Gasteiger partial charge is 0.122 e. The first-order chi connectivity index (χ1) is 22.5. The third-order valence-corrected chi connectivity index (χ3v) is 10.4. The van der Waals surface area contributed by atoms with Crippen LogP contribution in [0.1, 0.15) is 94.6 Å². The molecule has 0 heterocycles. The Kier molecular flexibility index (Phi) is 9.55. The Bertz CT molecular complexity index is 1920. The Morgan fingerprint density at radius 3 is 1.06 bits per heavy atom. The van der Waals surface area contributed by atoms with Gasteiger partial charge >= 0.3 is 0 Å². The van der Waals surface area contributed by atoms with E-state index in [0.29, 0.717) is 25.7 Å². The van der Waals surface area contributed by atoms with Gasteiger partial charge in [0, 0.05) is 24.0 Å². The molecule has 0 amide bonds. The highest BCUT2D eigenvalue weighted by molar-refractivity contribution is 5.57. The van der Waals surface area contributed by atoms with Gasteiger partial charge in [0.25, 0.3) is 0 Å². The molecule has 0 unspecified atom stereocenters. The molecule has 0 spiro atoms. The largest absolute Gasteiger partial charge is 0.508 e. The standard InChI is InChI=1S/C43H48O5/c1-22-10-24(3)40(45)20-31(22)18-38-29(8)33(12-26(5)42(38)47)14-35-16-37(44)17-36(28(35)7)15-34-13-27(6)43(48)39(30(34)9)19-32-21-41(46)25(4)11-23(32)2/h10-13,16-17,20-21,44-48H,14-15,18-19H2,1-9H3. The fraction of sp³-hybridized carbons (Fsp3) is 0.302. The number of aryl methyl sites for hydroxylation is 6. The second-order valence-electron chi connectivity index (χ2n) is 13.8. The highest BCUT2D eigenvalue weighted by atomic mass is 16.3. The van der Waals surface area contributed by atoms with Crippen LogP contribution in [0, 0.1) is 62.3 Å². The molecular weight excluding hydrogens is 596 g/mol. The summed E-state index contributed by atoms with van der Waals surface area (Å²) in [6, 6.07) is 15.2. The maximum absolute atomic E-state index is 11.1. The van der Waals surface area contributed by atoms with Crippen LogP contribution in [0.15, 0.2) is 48.5 Å². The molecule has 0 aliphatic rings. The Morgan fingerprint density at radius 2 is 0.688 bits per heavy atom. The summed E-state index contributed by atoms with van der Waals surface area (Å²) in [5, 5.41) is 54.0. The van der Waals surface area contributed by atoms with E-state index in [9.17, 15) is 25.5 Å². The topological polar surface area (TPSA) is 101 Å². The SMILES string of the molecule is Cc1cc(C)c(Cc2c(C)c(Cc3cc(O)cc(Cc4cc(C)c(O)c(Cc5cc(O)c(C)cc5C)c4C)c3C)cc(C)c2O)cc1O. The molecule has 48 heavy (non-hydrogen) atoms. The van der Waals surface area contributed by atoms with E-state index < -0.39 is 0 Å². The Morgan fingerprint density at radius 1 is 0.333 bits per heavy atom. The van der Waals surface area contributed by atoms with Crippen LogP contribution in [0.3, 0.4) is 0 Å². The maximum Gasteiger partial charge on any atom is 0.122 e. The van der Waals surface area contributed by atoms with E-state index in [0.717, 1.165) is 94.6 Å². The number of phenols is 5. The molecular formula is C43H48O5. The molecule has 0 aliphatic heterocycles. The number of phenolic OH excluding ortho intramolecular Hbond substituents is 5. The van der Waals surface area contributed by atoms with Crippen LogP contribution in [0.5, 0.6) is 28.7 Å². The molecule has 0 saturated carbocycles. The average Bonchev–Trinajstić information content (AvgIpc) is 3.02. The van der Waals surface area contributed by atoms with Crippen LogP contribution in [0.2, 0.25) is 0 Å². The minimum atomic E-state index is 0.198. The van der Waals surface area contributed by atoms with Crippen molar-refractivity contribution in [3.63, 3.8) is 0 Å². The lowest BCUT2D eigenvalue weighted by molar-refractivity contribution is 0.463. The molecule has 0 saturated heterocycles. The predicted molar refractivity (Wildman–Crippen MR) is 194 cm³/mol. The van der Waals surface area contributed by atoms with E-state index in [1.54, 1.807) is 12.1 Å². The molecule has 5 aromatic rings. The maximum atomic E-state index is 11.1. The van der Waals surface area contributed by atoms with Crippen molar-refractivity contribution in [1.29, 1.82) is 0 Å². The van der Waals surface area contributed by atoms with Gasteiger partial charge in [-0.05, 0) is 183 Å². The number of hydrogen-bond acceptors (Lipinski definition) is 5. The van der Waals surface area contributed by atoms with E-state index in [2.05, 4.69) is 6.92 Å². The Hall–Kier alpha value is -4.90. The summed E-state index contributed by atoms with van der Waals surface area (Å²) < 4.78 is 0. The molecule has 0 aliphatic carbocycles. The summed E-state index contributed by atoms with van der Waals surface area (Å²) in [6.07, 6.45) is 2.17. The Balaban J connectivity index is 1.50. The van der Waals surface area contributed by atoms with Gasteiger partial charge in [-0.1, -0.05) is 24.3 Å². The predicted octanol–water partition coefficient (Wildman–Crippen LogP) is 9.35. The van der Waals surface area contributed by atoms with E-state index >= 15 is 0 Å². The van der Waals surface area contributed by atoms with E-state index in [4.69, 9.17) is 0 Å². The van der Waals surface area contributed by atoms with Gasteiger partial charge in [-0.25, -0.2) is 0 Å². The summed E-state index contributed by atoms with van der Waals surface area (Å²) >= 11 is 0. The van der Waals surface area contributed by atoms with Gasteiger partial charge in [-0.15, -0.1) is 0 Å². The van der Waals surface area contributed by atoms with Crippen molar-refractivity contribution in [2.75, 3.05) is 0 Å². The van der Waals surface area contributed by atoms with Gasteiger partial charge in [0.15, 0.2) is 0 Å². The van der Waals surface area contributed by atoms with Gasteiger partial charge in [-0.3, -0.25) is 0 Å². The zero-order chi connectivity index (χ0) is 35.2. The molecule has 5 N–H and O–H groups in total. The fourth-order valence-electron chi connectivity index (χ4n) is 7.02. The van der Waals surface area contributed by atoms with Crippen molar-refractivity contribution in [3.8, 4) is 28.7 Å². The molecule has 0 aromatic heterocycles. The summed E-state index contributed by atoms with van der Waals surface area (Å²) in [6.45, 7) is 17.8. The number of aromatic hydroxyl groups is 5. The van der Waals surface area contributed by atoms with Crippen LogP contribution in [0.4, 0.5) is 0 Å². The molecule has 0 atom stereocenters. The van der Waals surface area contributed by atoms with Gasteiger partial charge in [0.05, 0.1) is 0 Å². The van der Waals surface area contributed by atoms with Gasteiger partial charge < -0.3 is 25.5 Å². The van der Waals surface area contributed by atoms with Crippen molar-refractivity contribution in [2.24, 2.45) is 0 Å². The zero-order valence-electron chi connectivity index (χ0n) is 29.7. The second kappa shape index (κ2) is 13.3. The number of rotatable bonds is 8. The molecule has 5 heteroatoms. The second-order valence-corrected chi connectivity index (χ2v) is 13.8. The summed E-state index contributed by atoms with van der Waals surface area (Å²) in [7, 11) is 0. The molecule has 0 bridgehead atoms. The molecule has 0 radical (unpaired) electrons. The quantitative estimate of drug-likeness (QED) is 0.116. The number of benzene rings is 5. The summed E-state index contributed by atoms with van der Waals surface area (Å²) in [5.74, 6) is 1.24. The van der Waals surface area contributed by atoms with Crippen molar-refractivity contribution in [3.05, 3.63) is 143 Å². The van der Waals surface area contributed by atoms with E-state index in [1.165, 1.54) is 0 Å². The molecule has 5 rings (SSSR count). The third-order valence-electron chi connectivity index (χ3n) is 10.4. The molecule has 0 fully saturated rings. The highest BCUT2D eigenvalue weighted by Crippen LogP contribution is 2.37. The van der Waals surface area contributed by atoms with Crippen LogP contribution >= 0.6 is 0 Å². The number of hydrogen-bond donors (Lipinski definition) is 5. The lowest BCUT2D eigenvalue weighted by Gasteiger charge is -2.20. The van der Waals surface area contributed by atoms with Gasteiger partial charge in [0.2, 0.25) is 0 Å². The van der Waals surface area contributed by atoms with Crippen LogP contribution in [-0.4, -0.2) is 25.5 Å². The first-order valence-electron chi connectivity index (χ1n) is 16.6. The van der Waals surface area contributed by atoms with E-state index in [1.807, 2.05) is 91.8 Å². The first-order valence-corrected chi connectivity index (χ1v) is 16.6.